The van der Waals surface area contributed by atoms with Gasteiger partial charge in [-0.25, -0.2) is 0 Å². The fraction of sp³-hybridized carbons (Fsp3) is 0.833. The Morgan fingerprint density at radius 2 is 1.75 bits per heavy atom. The molecule has 0 fully saturated rings. The molecule has 0 spiro atoms. The van der Waals surface area contributed by atoms with E-state index < -0.39 is 0 Å². The molecule has 0 aliphatic heterocycles. The van der Waals surface area contributed by atoms with E-state index in [4.69, 9.17) is 6.42 Å². The van der Waals surface area contributed by atoms with Gasteiger partial charge in [-0.05, 0) is 18.3 Å². The van der Waals surface area contributed by atoms with Gasteiger partial charge in [0.05, 0.1) is 0 Å². The molecule has 0 heterocycles. The van der Waals surface area contributed by atoms with Gasteiger partial charge in [0, 0.05) is 6.42 Å². The zero-order valence-corrected chi connectivity index (χ0v) is 8.77. The maximum Gasteiger partial charge on any atom is 0.00885 e. The van der Waals surface area contributed by atoms with E-state index in [9.17, 15) is 0 Å². The molecule has 0 aliphatic carbocycles. The zero-order chi connectivity index (χ0) is 9.40. The Hall–Kier alpha value is -0.440. The van der Waals surface area contributed by atoms with E-state index in [2.05, 4.69) is 26.7 Å². The van der Waals surface area contributed by atoms with Gasteiger partial charge in [-0.2, -0.15) is 0 Å². The minimum absolute atomic E-state index is 0.819. The zero-order valence-electron chi connectivity index (χ0n) is 8.77. The summed E-state index contributed by atoms with van der Waals surface area (Å²) >= 11 is 0. The molecule has 70 valence electrons. The van der Waals surface area contributed by atoms with Crippen LogP contribution >= 0.6 is 0 Å². The predicted octanol–water partition coefficient (Wildman–Crippen LogP) is 3.86. The van der Waals surface area contributed by atoms with Gasteiger partial charge in [-0.15, -0.1) is 12.3 Å². The summed E-state index contributed by atoms with van der Waals surface area (Å²) in [6.45, 7) is 6.87. The highest BCUT2D eigenvalue weighted by atomic mass is 14.1. The Labute approximate surface area is 77.8 Å². The maximum absolute atomic E-state index is 5.20. The second-order valence-electron chi connectivity index (χ2n) is 4.17. The highest BCUT2D eigenvalue weighted by Crippen LogP contribution is 2.15. The summed E-state index contributed by atoms with van der Waals surface area (Å²) in [5, 5.41) is 0. The quantitative estimate of drug-likeness (QED) is 0.526. The van der Waals surface area contributed by atoms with Crippen LogP contribution in [0.15, 0.2) is 0 Å². The standard InChI is InChI=1S/C12H22/c1-5-6-9-12(4)10-7-8-11(2)3/h1,11-12H,6-10H2,2-4H3. The molecule has 0 aromatic rings. The second-order valence-corrected chi connectivity index (χ2v) is 4.17. The van der Waals surface area contributed by atoms with Crippen LogP contribution in [0.2, 0.25) is 0 Å². The van der Waals surface area contributed by atoms with Crippen LogP contribution in [0.25, 0.3) is 0 Å². The predicted molar refractivity (Wildman–Crippen MR) is 55.9 cm³/mol. The summed E-state index contributed by atoms with van der Waals surface area (Å²) in [6, 6.07) is 0. The molecule has 0 saturated carbocycles. The van der Waals surface area contributed by atoms with Gasteiger partial charge in [-0.3, -0.25) is 0 Å². The molecule has 0 saturated heterocycles. The minimum atomic E-state index is 0.819. The van der Waals surface area contributed by atoms with Crippen molar-refractivity contribution in [3.8, 4) is 12.3 Å². The Kier molecular flexibility index (Phi) is 6.96. The van der Waals surface area contributed by atoms with Crippen LogP contribution in [0.1, 0.15) is 52.9 Å². The molecule has 0 N–H and O–H groups in total. The van der Waals surface area contributed by atoms with Gasteiger partial charge in [0.25, 0.3) is 0 Å². The minimum Gasteiger partial charge on any atom is -0.120 e. The first-order valence-corrected chi connectivity index (χ1v) is 5.10. The van der Waals surface area contributed by atoms with E-state index in [1.807, 2.05) is 0 Å². The smallest absolute Gasteiger partial charge is 0.00885 e. The van der Waals surface area contributed by atoms with Crippen LogP contribution in [0.5, 0.6) is 0 Å². The molecule has 1 atom stereocenters. The van der Waals surface area contributed by atoms with E-state index >= 15 is 0 Å². The van der Waals surface area contributed by atoms with Crippen LogP contribution in [0.4, 0.5) is 0 Å². The summed E-state index contributed by atoms with van der Waals surface area (Å²) in [5.74, 6) is 4.37. The Bertz CT molecular complexity index is 127. The molecular weight excluding hydrogens is 144 g/mol. The summed E-state index contributed by atoms with van der Waals surface area (Å²) in [5.41, 5.74) is 0. The van der Waals surface area contributed by atoms with Crippen LogP contribution < -0.4 is 0 Å². The normalized spacial score (nSPS) is 12.9. The summed E-state index contributed by atoms with van der Waals surface area (Å²) in [4.78, 5) is 0. The third-order valence-electron chi connectivity index (χ3n) is 2.26. The van der Waals surface area contributed by atoms with Gasteiger partial charge < -0.3 is 0 Å². The van der Waals surface area contributed by atoms with E-state index in [0.29, 0.717) is 0 Å². The molecule has 1 unspecified atom stereocenters. The molecule has 0 bridgehead atoms. The molecule has 0 radical (unpaired) electrons. The average molecular weight is 166 g/mol. The topological polar surface area (TPSA) is 0 Å². The molecule has 12 heavy (non-hydrogen) atoms. The second kappa shape index (κ2) is 7.22. The van der Waals surface area contributed by atoms with E-state index in [1.165, 1.54) is 25.7 Å². The molecule has 0 aliphatic rings. The maximum atomic E-state index is 5.20. The Balaban J connectivity index is 3.20. The molecule has 0 heteroatoms. The van der Waals surface area contributed by atoms with Crippen molar-refractivity contribution in [2.75, 3.05) is 0 Å². The number of rotatable bonds is 6. The number of terminal acetylenes is 1. The third-order valence-corrected chi connectivity index (χ3v) is 2.26. The van der Waals surface area contributed by atoms with Crippen molar-refractivity contribution in [1.29, 1.82) is 0 Å². The summed E-state index contributed by atoms with van der Waals surface area (Å²) < 4.78 is 0. The monoisotopic (exact) mass is 166 g/mol. The SMILES string of the molecule is C#CCCC(C)CCCC(C)C. The van der Waals surface area contributed by atoms with Gasteiger partial charge in [-0.1, -0.05) is 40.0 Å². The lowest BCUT2D eigenvalue weighted by atomic mass is 9.96. The van der Waals surface area contributed by atoms with Crippen molar-refractivity contribution < 1.29 is 0 Å². The van der Waals surface area contributed by atoms with Gasteiger partial charge in [0.1, 0.15) is 0 Å². The molecule has 0 nitrogen and oxygen atoms in total. The highest BCUT2D eigenvalue weighted by Gasteiger charge is 2.01. The first-order chi connectivity index (χ1) is 5.66. The van der Waals surface area contributed by atoms with E-state index in [1.54, 1.807) is 0 Å². The van der Waals surface area contributed by atoms with Crippen LogP contribution in [-0.4, -0.2) is 0 Å². The van der Waals surface area contributed by atoms with Crippen molar-refractivity contribution in [3.63, 3.8) is 0 Å². The molecule has 0 aromatic carbocycles. The number of hydrogen-bond donors (Lipinski definition) is 0. The third kappa shape index (κ3) is 7.66. The fourth-order valence-electron chi connectivity index (χ4n) is 1.35. The summed E-state index contributed by atoms with van der Waals surface area (Å²) in [7, 11) is 0. The molecule has 0 aromatic heterocycles. The average Bonchev–Trinajstić information content (AvgIpc) is 2.00. The molecular formula is C12H22. The fourth-order valence-corrected chi connectivity index (χ4v) is 1.35. The molecule has 0 rings (SSSR count). The largest absolute Gasteiger partial charge is 0.120 e. The van der Waals surface area contributed by atoms with Crippen molar-refractivity contribution in [2.45, 2.75) is 52.9 Å². The van der Waals surface area contributed by atoms with E-state index in [0.717, 1.165) is 18.3 Å². The van der Waals surface area contributed by atoms with Crippen LogP contribution in [0, 0.1) is 24.2 Å². The van der Waals surface area contributed by atoms with E-state index in [-0.39, 0.29) is 0 Å². The Morgan fingerprint density at radius 1 is 1.08 bits per heavy atom. The lowest BCUT2D eigenvalue weighted by molar-refractivity contribution is 0.441. The first kappa shape index (κ1) is 11.6. The highest BCUT2D eigenvalue weighted by molar-refractivity contribution is 4.83. The van der Waals surface area contributed by atoms with Crippen molar-refractivity contribution in [1.82, 2.24) is 0 Å². The lowest BCUT2D eigenvalue weighted by Gasteiger charge is -2.10. The van der Waals surface area contributed by atoms with Crippen LogP contribution in [-0.2, 0) is 0 Å². The van der Waals surface area contributed by atoms with Gasteiger partial charge in [0.2, 0.25) is 0 Å². The van der Waals surface area contributed by atoms with Gasteiger partial charge >= 0.3 is 0 Å². The van der Waals surface area contributed by atoms with Crippen molar-refractivity contribution >= 4 is 0 Å². The number of hydrogen-bond acceptors (Lipinski definition) is 0. The molecule has 0 amide bonds. The van der Waals surface area contributed by atoms with Crippen molar-refractivity contribution in [2.24, 2.45) is 11.8 Å². The lowest BCUT2D eigenvalue weighted by Crippen LogP contribution is -1.96. The van der Waals surface area contributed by atoms with Gasteiger partial charge in [0.15, 0.2) is 0 Å². The first-order valence-electron chi connectivity index (χ1n) is 5.10. The van der Waals surface area contributed by atoms with Crippen LogP contribution in [0.3, 0.4) is 0 Å². The Morgan fingerprint density at radius 3 is 2.25 bits per heavy atom. The van der Waals surface area contributed by atoms with Crippen molar-refractivity contribution in [3.05, 3.63) is 0 Å². The summed E-state index contributed by atoms with van der Waals surface area (Å²) in [6.07, 6.45) is 11.4.